The maximum Gasteiger partial charge on any atom is 0.337 e. The van der Waals surface area contributed by atoms with Gasteiger partial charge in [0, 0.05) is 10.6 Å². The fourth-order valence-corrected chi connectivity index (χ4v) is 0.919. The molecule has 6 heteroatoms. The molecule has 0 saturated heterocycles. The highest BCUT2D eigenvalue weighted by Gasteiger charge is 2.07. The van der Waals surface area contributed by atoms with Gasteiger partial charge in [0.05, 0.1) is 12.7 Å². The molecule has 0 N–H and O–H groups in total. The van der Waals surface area contributed by atoms with Crippen LogP contribution in [0.5, 0.6) is 0 Å². The highest BCUT2D eigenvalue weighted by molar-refractivity contribution is 5.90. The minimum absolute atomic E-state index is 0.00917. The van der Waals surface area contributed by atoms with Gasteiger partial charge < -0.3 is 4.74 Å². The maximum absolute atomic E-state index is 12.9. The van der Waals surface area contributed by atoms with Crippen molar-refractivity contribution in [1.82, 2.24) is 0 Å². The fourth-order valence-electron chi connectivity index (χ4n) is 0.919. The Bertz CT molecular complexity index is 413. The largest absolute Gasteiger partial charge is 0.465 e. The normalized spacial score (nSPS) is 9.00. The first kappa shape index (κ1) is 10.0. The number of hydrogen-bond acceptors (Lipinski definition) is 3. The van der Waals surface area contributed by atoms with Crippen LogP contribution in [0.2, 0.25) is 0 Å². The van der Waals surface area contributed by atoms with Crippen LogP contribution in [0.1, 0.15) is 10.4 Å². The Labute approximate surface area is 78.7 Å². The minimum atomic E-state index is -0.682. The van der Waals surface area contributed by atoms with Gasteiger partial charge in [0.1, 0.15) is 5.82 Å². The van der Waals surface area contributed by atoms with Crippen LogP contribution in [0.4, 0.5) is 10.1 Å². The van der Waals surface area contributed by atoms with E-state index >= 15 is 0 Å². The van der Waals surface area contributed by atoms with Crippen LogP contribution in [-0.4, -0.2) is 13.1 Å². The molecule has 0 heterocycles. The van der Waals surface area contributed by atoms with Crippen molar-refractivity contribution in [2.45, 2.75) is 0 Å². The van der Waals surface area contributed by atoms with E-state index in [4.69, 9.17) is 5.53 Å². The second-order valence-corrected chi connectivity index (χ2v) is 2.38. The van der Waals surface area contributed by atoms with Gasteiger partial charge in [-0.25, -0.2) is 9.18 Å². The van der Waals surface area contributed by atoms with Crippen molar-refractivity contribution in [3.8, 4) is 0 Å². The van der Waals surface area contributed by atoms with Crippen molar-refractivity contribution in [1.29, 1.82) is 0 Å². The van der Waals surface area contributed by atoms with Crippen molar-refractivity contribution in [3.05, 3.63) is 40.0 Å². The zero-order valence-electron chi connectivity index (χ0n) is 7.27. The van der Waals surface area contributed by atoms with Gasteiger partial charge in [0.2, 0.25) is 0 Å². The molecule has 0 amide bonds. The van der Waals surface area contributed by atoms with Gasteiger partial charge in [0.25, 0.3) is 0 Å². The number of halogens is 1. The molecule has 0 aliphatic rings. The topological polar surface area (TPSA) is 75.1 Å². The number of hydrogen-bond donors (Lipinski definition) is 0. The number of rotatable bonds is 2. The summed E-state index contributed by atoms with van der Waals surface area (Å²) < 4.78 is 17.2. The minimum Gasteiger partial charge on any atom is -0.465 e. The molecule has 0 spiro atoms. The van der Waals surface area contributed by atoms with Crippen molar-refractivity contribution in [2.75, 3.05) is 7.11 Å². The molecule has 0 aliphatic heterocycles. The van der Waals surface area contributed by atoms with Gasteiger partial charge in [-0.2, -0.15) is 0 Å². The molecule has 0 saturated carbocycles. The molecule has 14 heavy (non-hydrogen) atoms. The second-order valence-electron chi connectivity index (χ2n) is 2.38. The summed E-state index contributed by atoms with van der Waals surface area (Å²) in [6, 6.07) is 3.27. The fraction of sp³-hybridized carbons (Fsp3) is 0.125. The third kappa shape index (κ3) is 2.21. The maximum atomic E-state index is 12.9. The van der Waals surface area contributed by atoms with Gasteiger partial charge in [-0.15, -0.1) is 0 Å². The molecule has 0 aromatic heterocycles. The van der Waals surface area contributed by atoms with Crippen molar-refractivity contribution in [2.24, 2.45) is 5.11 Å². The van der Waals surface area contributed by atoms with E-state index in [9.17, 15) is 9.18 Å². The standard InChI is InChI=1S/C8H6FN3O2/c1-14-8(13)5-2-6(9)4-7(3-5)11-12-10/h2-4H,1H3. The van der Waals surface area contributed by atoms with Crippen molar-refractivity contribution in [3.63, 3.8) is 0 Å². The monoisotopic (exact) mass is 195 g/mol. The molecule has 1 aromatic rings. The van der Waals surface area contributed by atoms with Gasteiger partial charge in [-0.3, -0.25) is 0 Å². The molecule has 5 nitrogen and oxygen atoms in total. The zero-order chi connectivity index (χ0) is 10.6. The average Bonchev–Trinajstić information content (AvgIpc) is 2.16. The van der Waals surface area contributed by atoms with Crippen LogP contribution in [0, 0.1) is 5.82 Å². The Morgan fingerprint density at radius 1 is 1.57 bits per heavy atom. The first-order valence-electron chi connectivity index (χ1n) is 3.61. The van der Waals surface area contributed by atoms with Crippen LogP contribution >= 0.6 is 0 Å². The van der Waals surface area contributed by atoms with Gasteiger partial charge >= 0.3 is 5.97 Å². The highest BCUT2D eigenvalue weighted by Crippen LogP contribution is 2.17. The predicted octanol–water partition coefficient (Wildman–Crippen LogP) is 2.55. The Hall–Kier alpha value is -2.07. The summed E-state index contributed by atoms with van der Waals surface area (Å²) in [7, 11) is 1.18. The smallest absolute Gasteiger partial charge is 0.337 e. The molecule has 1 aromatic carbocycles. The molecule has 0 bridgehead atoms. The van der Waals surface area contributed by atoms with Crippen LogP contribution in [-0.2, 0) is 4.74 Å². The number of ether oxygens (including phenoxy) is 1. The lowest BCUT2D eigenvalue weighted by Crippen LogP contribution is -2.01. The summed E-state index contributed by atoms with van der Waals surface area (Å²) >= 11 is 0. The third-order valence-electron chi connectivity index (χ3n) is 1.46. The molecule has 0 atom stereocenters. The quantitative estimate of drug-likeness (QED) is 0.314. The van der Waals surface area contributed by atoms with Crippen LogP contribution in [0.3, 0.4) is 0 Å². The van der Waals surface area contributed by atoms with Gasteiger partial charge in [-0.05, 0) is 23.7 Å². The van der Waals surface area contributed by atoms with E-state index in [1.807, 2.05) is 0 Å². The summed E-state index contributed by atoms with van der Waals surface area (Å²) in [4.78, 5) is 13.5. The number of esters is 1. The first-order valence-corrected chi connectivity index (χ1v) is 3.61. The zero-order valence-corrected chi connectivity index (χ0v) is 7.27. The van der Waals surface area contributed by atoms with Gasteiger partial charge in [-0.1, -0.05) is 5.11 Å². The lowest BCUT2D eigenvalue weighted by Gasteiger charge is -2.00. The van der Waals surface area contributed by atoms with Gasteiger partial charge in [0.15, 0.2) is 0 Å². The number of nitrogens with zero attached hydrogens (tertiary/aromatic N) is 3. The van der Waals surface area contributed by atoms with E-state index in [2.05, 4.69) is 14.8 Å². The molecule has 0 radical (unpaired) electrons. The van der Waals surface area contributed by atoms with E-state index in [-0.39, 0.29) is 11.3 Å². The highest BCUT2D eigenvalue weighted by atomic mass is 19.1. The Morgan fingerprint density at radius 3 is 2.86 bits per heavy atom. The van der Waals surface area contributed by atoms with Crippen LogP contribution in [0.15, 0.2) is 23.3 Å². The van der Waals surface area contributed by atoms with Crippen molar-refractivity contribution >= 4 is 11.7 Å². The van der Waals surface area contributed by atoms with E-state index in [1.165, 1.54) is 13.2 Å². The van der Waals surface area contributed by atoms with Crippen LogP contribution < -0.4 is 0 Å². The number of carbonyl (C=O) groups is 1. The third-order valence-corrected chi connectivity index (χ3v) is 1.46. The first-order chi connectivity index (χ1) is 6.67. The van der Waals surface area contributed by atoms with E-state index in [1.54, 1.807) is 0 Å². The summed E-state index contributed by atoms with van der Waals surface area (Å²) in [6.07, 6.45) is 0. The number of benzene rings is 1. The summed E-state index contributed by atoms with van der Waals surface area (Å²) in [6.45, 7) is 0. The lowest BCUT2D eigenvalue weighted by atomic mass is 10.2. The summed E-state index contributed by atoms with van der Waals surface area (Å²) in [5, 5.41) is 3.18. The van der Waals surface area contributed by atoms with Crippen molar-refractivity contribution < 1.29 is 13.9 Å². The number of azide groups is 1. The Morgan fingerprint density at radius 2 is 2.29 bits per heavy atom. The Balaban J connectivity index is 3.19. The number of carbonyl (C=O) groups excluding carboxylic acids is 1. The lowest BCUT2D eigenvalue weighted by molar-refractivity contribution is 0.0600. The second kappa shape index (κ2) is 4.25. The average molecular weight is 195 g/mol. The number of methoxy groups -OCH3 is 1. The molecular formula is C8H6FN3O2. The van der Waals surface area contributed by atoms with Crippen LogP contribution in [0.25, 0.3) is 10.4 Å². The molecule has 0 fully saturated rings. The van der Waals surface area contributed by atoms with E-state index in [0.29, 0.717) is 0 Å². The van der Waals surface area contributed by atoms with E-state index < -0.39 is 11.8 Å². The summed E-state index contributed by atoms with van der Waals surface area (Å²) in [5.74, 6) is -1.34. The SMILES string of the molecule is COC(=O)c1cc(F)cc(N=[N+]=[N-])c1. The molecular weight excluding hydrogens is 189 g/mol. The molecule has 72 valence electrons. The predicted molar refractivity (Wildman–Crippen MR) is 46.5 cm³/mol. The Kier molecular flexibility index (Phi) is 3.04. The van der Waals surface area contributed by atoms with E-state index in [0.717, 1.165) is 12.1 Å². The molecule has 0 unspecified atom stereocenters. The summed E-state index contributed by atoms with van der Waals surface area (Å²) in [5.41, 5.74) is 8.16. The molecule has 0 aliphatic carbocycles. The molecule has 1 rings (SSSR count).